The van der Waals surface area contributed by atoms with Gasteiger partial charge in [-0.3, -0.25) is 0 Å². The quantitative estimate of drug-likeness (QED) is 0.552. The van der Waals surface area contributed by atoms with Gasteiger partial charge in [0.05, 0.1) is 11.4 Å². The Balaban J connectivity index is 0.000000257. The van der Waals surface area contributed by atoms with Crippen LogP contribution in [0.3, 0.4) is 0 Å². The average Bonchev–Trinajstić information content (AvgIpc) is 2.68. The van der Waals surface area contributed by atoms with Gasteiger partial charge < -0.3 is 15.8 Å². The molecule has 100 valence electrons. The van der Waals surface area contributed by atoms with Crippen molar-refractivity contribution in [3.8, 4) is 11.8 Å². The molecule has 0 unspecified atom stereocenters. The zero-order chi connectivity index (χ0) is 14.2. The molecule has 0 radical (unpaired) electrons. The summed E-state index contributed by atoms with van der Waals surface area (Å²) < 4.78 is 0. The van der Waals surface area contributed by atoms with Crippen LogP contribution in [-0.2, 0) is 4.79 Å². The van der Waals surface area contributed by atoms with Gasteiger partial charge in [-0.15, -0.1) is 0 Å². The Morgan fingerprint density at radius 3 is 1.85 bits per heavy atom. The number of aldehydes is 1. The Hall–Kier alpha value is -2.57. The molecule has 2 aromatic rings. The number of rotatable bonds is 2. The third kappa shape index (κ3) is 3.47. The van der Waals surface area contributed by atoms with E-state index in [2.05, 4.69) is 17.2 Å². The van der Waals surface area contributed by atoms with Crippen LogP contribution in [0.5, 0.6) is 0 Å². The van der Waals surface area contributed by atoms with Gasteiger partial charge in [-0.1, -0.05) is 36.1 Å². The highest BCUT2D eigenvalue weighted by Crippen LogP contribution is 2.25. The Bertz CT molecular complexity index is 604. The van der Waals surface area contributed by atoms with E-state index in [9.17, 15) is 4.79 Å². The second kappa shape index (κ2) is 7.13. The van der Waals surface area contributed by atoms with Gasteiger partial charge in [0, 0.05) is 17.5 Å². The summed E-state index contributed by atoms with van der Waals surface area (Å²) in [5.74, 6) is 6.34. The predicted octanol–water partition coefficient (Wildman–Crippen LogP) is 2.68. The molecule has 3 nitrogen and oxygen atoms in total. The maximum Gasteiger partial charge on any atom is 0.121 e. The highest BCUT2D eigenvalue weighted by molar-refractivity contribution is 5.75. The van der Waals surface area contributed by atoms with Crippen molar-refractivity contribution in [2.75, 3.05) is 11.9 Å². The third-order valence-electron chi connectivity index (χ3n) is 2.74. The van der Waals surface area contributed by atoms with Crippen molar-refractivity contribution >= 4 is 17.7 Å². The number of carbonyl (C=O) groups excluding carboxylic acids is 1. The molecule has 0 bridgehead atoms. The molecule has 0 spiro atoms. The number of para-hydroxylation sites is 2. The number of anilines is 2. The topological polar surface area (TPSA) is 55.1 Å². The van der Waals surface area contributed by atoms with Crippen LogP contribution in [-0.4, -0.2) is 12.8 Å². The molecule has 0 saturated carbocycles. The lowest BCUT2D eigenvalue weighted by Crippen LogP contribution is -1.97. The first kappa shape index (κ1) is 13.9. The first-order chi connectivity index (χ1) is 9.85. The minimum absolute atomic E-state index is 0.476. The van der Waals surface area contributed by atoms with Gasteiger partial charge >= 0.3 is 0 Å². The lowest BCUT2D eigenvalue weighted by molar-refractivity contribution is -0.107. The number of carbonyl (C=O) groups is 1. The van der Waals surface area contributed by atoms with E-state index in [0.717, 1.165) is 28.8 Å². The molecule has 0 fully saturated rings. The van der Waals surface area contributed by atoms with Crippen LogP contribution < -0.4 is 11.1 Å². The normalized spacial score (nSPS) is 10.2. The molecule has 1 aliphatic rings. The summed E-state index contributed by atoms with van der Waals surface area (Å²) in [6.45, 7) is 0.476. The van der Waals surface area contributed by atoms with Crippen LogP contribution in [0.15, 0.2) is 48.5 Å². The second-order valence-corrected chi connectivity index (χ2v) is 4.21. The summed E-state index contributed by atoms with van der Waals surface area (Å²) in [5, 5.41) is 3.38. The molecular formula is C17H16N2O. The van der Waals surface area contributed by atoms with E-state index in [-0.39, 0.29) is 0 Å². The maximum absolute atomic E-state index is 9.32. The Labute approximate surface area is 118 Å². The molecule has 3 N–H and O–H groups in total. The Kier molecular flexibility index (Phi) is 4.94. The van der Waals surface area contributed by atoms with Gasteiger partial charge in [-0.05, 0) is 30.8 Å². The van der Waals surface area contributed by atoms with Crippen LogP contribution in [0.1, 0.15) is 17.5 Å². The van der Waals surface area contributed by atoms with E-state index < -0.39 is 0 Å². The largest absolute Gasteiger partial charge is 0.353 e. The third-order valence-corrected chi connectivity index (χ3v) is 2.74. The Morgan fingerprint density at radius 1 is 0.950 bits per heavy atom. The fourth-order valence-electron chi connectivity index (χ4n) is 1.75. The monoisotopic (exact) mass is 264 g/mol. The molecule has 0 aliphatic carbocycles. The number of hydrogen-bond donors (Lipinski definition) is 2. The molecule has 0 saturated heterocycles. The first-order valence-electron chi connectivity index (χ1n) is 6.46. The maximum atomic E-state index is 9.32. The molecular weight excluding hydrogens is 248 g/mol. The minimum Gasteiger partial charge on any atom is -0.353 e. The van der Waals surface area contributed by atoms with E-state index in [1.165, 1.54) is 0 Å². The number of nitrogens with two attached hydrogens (primary N) is 1. The molecule has 3 heteroatoms. The van der Waals surface area contributed by atoms with Crippen molar-refractivity contribution in [2.45, 2.75) is 6.42 Å². The van der Waals surface area contributed by atoms with E-state index in [1.807, 2.05) is 48.5 Å². The Morgan fingerprint density at radius 2 is 1.45 bits per heavy atom. The lowest BCUT2D eigenvalue weighted by atomic mass is 10.2. The molecule has 0 aromatic heterocycles. The molecule has 20 heavy (non-hydrogen) atoms. The summed E-state index contributed by atoms with van der Waals surface area (Å²) >= 11 is 0. The number of fused-ring (bicyclic) bond motifs is 2. The summed E-state index contributed by atoms with van der Waals surface area (Å²) in [5.41, 5.74) is 9.16. The van der Waals surface area contributed by atoms with E-state index in [4.69, 9.17) is 5.73 Å². The summed E-state index contributed by atoms with van der Waals surface area (Å²) in [6, 6.07) is 16.2. The van der Waals surface area contributed by atoms with Crippen LogP contribution in [0.4, 0.5) is 11.4 Å². The molecule has 0 amide bonds. The van der Waals surface area contributed by atoms with Crippen molar-refractivity contribution in [1.29, 1.82) is 0 Å². The molecule has 1 aliphatic heterocycles. The highest BCUT2D eigenvalue weighted by Gasteiger charge is 2.05. The highest BCUT2D eigenvalue weighted by atomic mass is 16.1. The summed E-state index contributed by atoms with van der Waals surface area (Å²) in [6.07, 6.45) is 1.29. The van der Waals surface area contributed by atoms with Gasteiger partial charge in [0.15, 0.2) is 0 Å². The average molecular weight is 264 g/mol. The fraction of sp³-hybridized carbons (Fsp3) is 0.118. The van der Waals surface area contributed by atoms with E-state index in [1.54, 1.807) is 0 Å². The smallest absolute Gasteiger partial charge is 0.121 e. The molecule has 3 rings (SSSR count). The van der Waals surface area contributed by atoms with Gasteiger partial charge in [-0.2, -0.15) is 0 Å². The molecule has 1 heterocycles. The standard InChI is InChI=1S/C14H9N.C3H7NO/c1-3-7-13-11(5-1)9-10-12-6-2-4-8-14(12)15-13;4-2-1-3-5/h1-8,15H;3H,1-2,4H2. The van der Waals surface area contributed by atoms with Crippen molar-refractivity contribution in [1.82, 2.24) is 0 Å². The van der Waals surface area contributed by atoms with Gasteiger partial charge in [0.25, 0.3) is 0 Å². The minimum atomic E-state index is 0.476. The molecule has 2 aromatic carbocycles. The van der Waals surface area contributed by atoms with Gasteiger partial charge in [0.1, 0.15) is 6.29 Å². The van der Waals surface area contributed by atoms with E-state index in [0.29, 0.717) is 13.0 Å². The number of benzene rings is 2. The zero-order valence-electron chi connectivity index (χ0n) is 11.1. The van der Waals surface area contributed by atoms with Gasteiger partial charge in [0.2, 0.25) is 0 Å². The van der Waals surface area contributed by atoms with Crippen molar-refractivity contribution in [3.63, 3.8) is 0 Å². The summed E-state index contributed by atoms with van der Waals surface area (Å²) in [4.78, 5) is 9.32. The zero-order valence-corrected chi connectivity index (χ0v) is 11.1. The second-order valence-electron chi connectivity index (χ2n) is 4.21. The van der Waals surface area contributed by atoms with Crippen molar-refractivity contribution in [2.24, 2.45) is 5.73 Å². The SMILES string of the molecule is C1#Cc2ccccc2Nc2ccccc21.NCCC=O. The number of hydrogen-bond acceptors (Lipinski definition) is 3. The predicted molar refractivity (Wildman–Crippen MR) is 81.9 cm³/mol. The van der Waals surface area contributed by atoms with Crippen LogP contribution in [0, 0.1) is 11.8 Å². The number of nitrogens with one attached hydrogen (secondary N) is 1. The van der Waals surface area contributed by atoms with Crippen LogP contribution in [0.2, 0.25) is 0 Å². The van der Waals surface area contributed by atoms with Crippen molar-refractivity contribution < 1.29 is 4.79 Å². The fourth-order valence-corrected chi connectivity index (χ4v) is 1.75. The molecule has 0 atom stereocenters. The summed E-state index contributed by atoms with van der Waals surface area (Å²) in [7, 11) is 0. The van der Waals surface area contributed by atoms with Gasteiger partial charge in [-0.25, -0.2) is 0 Å². The first-order valence-corrected chi connectivity index (χ1v) is 6.46. The van der Waals surface area contributed by atoms with Crippen molar-refractivity contribution in [3.05, 3.63) is 59.7 Å². The van der Waals surface area contributed by atoms with E-state index >= 15 is 0 Å². The van der Waals surface area contributed by atoms with Crippen LogP contribution in [0.25, 0.3) is 0 Å². The van der Waals surface area contributed by atoms with Crippen LogP contribution >= 0.6 is 0 Å². The lowest BCUT2D eigenvalue weighted by Gasteiger charge is -2.07.